The summed E-state index contributed by atoms with van der Waals surface area (Å²) in [4.78, 5) is 2.48. The normalized spacial score (nSPS) is 14.3. The van der Waals surface area contributed by atoms with Gasteiger partial charge in [0.25, 0.3) is 0 Å². The first-order chi connectivity index (χ1) is 31.5. The molecular formula is C62H42N2. The lowest BCUT2D eigenvalue weighted by Crippen LogP contribution is -2.31. The highest BCUT2D eigenvalue weighted by molar-refractivity contribution is 6.14. The summed E-state index contributed by atoms with van der Waals surface area (Å²) < 4.78 is 2.48. The second kappa shape index (κ2) is 12.8. The van der Waals surface area contributed by atoms with Crippen molar-refractivity contribution in [1.82, 2.24) is 4.57 Å². The van der Waals surface area contributed by atoms with Crippen LogP contribution in [0, 0.1) is 0 Å². The summed E-state index contributed by atoms with van der Waals surface area (Å²) in [5.41, 5.74) is 22.4. The molecule has 300 valence electrons. The molecule has 0 unspecified atom stereocenters. The average molecular weight is 815 g/mol. The van der Waals surface area contributed by atoms with Crippen molar-refractivity contribution < 1.29 is 0 Å². The smallest absolute Gasteiger partial charge is 0.0725 e. The van der Waals surface area contributed by atoms with Crippen molar-refractivity contribution in [2.24, 2.45) is 0 Å². The maximum Gasteiger partial charge on any atom is 0.0725 e. The lowest BCUT2D eigenvalue weighted by atomic mass is 9.61. The van der Waals surface area contributed by atoms with Crippen LogP contribution in [-0.2, 0) is 10.8 Å². The summed E-state index contributed by atoms with van der Waals surface area (Å²) >= 11 is 0. The Balaban J connectivity index is 1.03. The summed E-state index contributed by atoms with van der Waals surface area (Å²) in [6.45, 7) is 4.71. The molecular weight excluding hydrogens is 773 g/mol. The Kier molecular flexibility index (Phi) is 7.13. The monoisotopic (exact) mass is 814 g/mol. The van der Waals surface area contributed by atoms with Gasteiger partial charge in [0.2, 0.25) is 0 Å². The van der Waals surface area contributed by atoms with Crippen LogP contribution in [0.5, 0.6) is 0 Å². The van der Waals surface area contributed by atoms with E-state index in [0.29, 0.717) is 0 Å². The highest BCUT2D eigenvalue weighted by atomic mass is 15.1. The standard InChI is InChI=1S/C62H42N2/c1-61(2)51-25-11-6-22-45(51)50-37-40(32-35-52(50)61)64-57-30-15-10-23-46(57)47-33-31-41(38-59(47)64)63(39-17-4-3-5-18-39)58-36-34-48-44-21-9-14-28-55(44)62(56-29-16-24-49(58)60(48)56)53-26-12-7-19-42(53)43-20-8-13-27-54(43)62/h3-38H,1-2H3. The Bertz CT molecular complexity index is 3730. The third kappa shape index (κ3) is 4.49. The van der Waals surface area contributed by atoms with Crippen LogP contribution >= 0.6 is 0 Å². The molecule has 0 radical (unpaired) electrons. The number of benzene rings is 10. The second-order valence-corrected chi connectivity index (χ2v) is 18.4. The van der Waals surface area contributed by atoms with Crippen LogP contribution in [0.25, 0.3) is 71.6 Å². The van der Waals surface area contributed by atoms with Gasteiger partial charge in [-0.25, -0.2) is 0 Å². The van der Waals surface area contributed by atoms with E-state index in [1.54, 1.807) is 0 Å². The number of anilines is 3. The van der Waals surface area contributed by atoms with Crippen molar-refractivity contribution in [2.75, 3.05) is 4.90 Å². The van der Waals surface area contributed by atoms with Gasteiger partial charge >= 0.3 is 0 Å². The van der Waals surface area contributed by atoms with Gasteiger partial charge in [0.05, 0.1) is 22.1 Å². The molecule has 64 heavy (non-hydrogen) atoms. The molecule has 0 saturated carbocycles. The number of fused-ring (bicyclic) bond motifs is 15. The van der Waals surface area contributed by atoms with E-state index in [4.69, 9.17) is 0 Å². The SMILES string of the molecule is CC1(C)c2ccccc2-c2cc(-n3c4ccccc4c4ccc(N(c5ccccc5)c5ccc6c7c(cccc57)C5(c7ccccc7-c7ccccc75)c5ccccc5-6)cc43)ccc21. The first-order valence-corrected chi connectivity index (χ1v) is 22.5. The molecule has 0 atom stereocenters. The van der Waals surface area contributed by atoms with Gasteiger partial charge in [-0.2, -0.15) is 0 Å². The maximum atomic E-state index is 2.48. The Hall–Kier alpha value is -7.94. The Morgan fingerprint density at radius 1 is 0.344 bits per heavy atom. The minimum Gasteiger partial charge on any atom is -0.310 e. The van der Waals surface area contributed by atoms with Gasteiger partial charge in [-0.3, -0.25) is 0 Å². The summed E-state index contributed by atoms with van der Waals surface area (Å²) in [6, 6.07) is 82.0. The minimum atomic E-state index is -0.460. The van der Waals surface area contributed by atoms with E-state index >= 15 is 0 Å². The molecule has 1 heterocycles. The maximum absolute atomic E-state index is 2.48. The lowest BCUT2D eigenvalue weighted by molar-refractivity contribution is 0.660. The van der Waals surface area contributed by atoms with E-state index in [1.807, 2.05) is 0 Å². The number of nitrogens with zero attached hydrogens (tertiary/aromatic N) is 2. The van der Waals surface area contributed by atoms with E-state index < -0.39 is 5.41 Å². The van der Waals surface area contributed by atoms with Crippen molar-refractivity contribution in [3.05, 3.63) is 252 Å². The number of rotatable bonds is 4. The predicted octanol–water partition coefficient (Wildman–Crippen LogP) is 16.1. The minimum absolute atomic E-state index is 0.0560. The molecule has 1 aromatic heterocycles. The van der Waals surface area contributed by atoms with Crippen LogP contribution in [0.3, 0.4) is 0 Å². The lowest BCUT2D eigenvalue weighted by Gasteiger charge is -2.40. The van der Waals surface area contributed by atoms with E-state index in [1.165, 1.54) is 105 Å². The zero-order valence-corrected chi connectivity index (χ0v) is 35.7. The zero-order valence-electron chi connectivity index (χ0n) is 35.7. The van der Waals surface area contributed by atoms with E-state index in [-0.39, 0.29) is 5.41 Å². The summed E-state index contributed by atoms with van der Waals surface area (Å²) in [6.07, 6.45) is 0. The highest BCUT2D eigenvalue weighted by Gasteiger charge is 2.50. The molecule has 3 aliphatic rings. The van der Waals surface area contributed by atoms with Crippen molar-refractivity contribution in [3.8, 4) is 39.1 Å². The number of para-hydroxylation sites is 2. The third-order valence-corrected chi connectivity index (χ3v) is 15.0. The summed E-state index contributed by atoms with van der Waals surface area (Å²) in [7, 11) is 0. The molecule has 14 rings (SSSR count). The molecule has 10 aromatic carbocycles. The van der Waals surface area contributed by atoms with Gasteiger partial charge in [0, 0.05) is 38.6 Å². The number of hydrogen-bond acceptors (Lipinski definition) is 1. The van der Waals surface area contributed by atoms with Crippen molar-refractivity contribution in [3.63, 3.8) is 0 Å². The molecule has 0 aliphatic heterocycles. The fourth-order valence-electron chi connectivity index (χ4n) is 12.4. The molecule has 3 aliphatic carbocycles. The molecule has 0 saturated heterocycles. The van der Waals surface area contributed by atoms with E-state index in [9.17, 15) is 0 Å². The van der Waals surface area contributed by atoms with Crippen LogP contribution < -0.4 is 4.90 Å². The Labute approximate surface area is 372 Å². The molecule has 11 aromatic rings. The van der Waals surface area contributed by atoms with Crippen LogP contribution in [-0.4, -0.2) is 4.57 Å². The first-order valence-electron chi connectivity index (χ1n) is 22.5. The van der Waals surface area contributed by atoms with Gasteiger partial charge in [0.1, 0.15) is 0 Å². The van der Waals surface area contributed by atoms with Crippen molar-refractivity contribution in [1.29, 1.82) is 0 Å². The van der Waals surface area contributed by atoms with Crippen LogP contribution in [0.1, 0.15) is 47.2 Å². The first kappa shape index (κ1) is 35.6. The van der Waals surface area contributed by atoms with Crippen molar-refractivity contribution in [2.45, 2.75) is 24.7 Å². The molecule has 0 amide bonds. The fraction of sp³-hybridized carbons (Fsp3) is 0.0645. The topological polar surface area (TPSA) is 8.17 Å². The highest BCUT2D eigenvalue weighted by Crippen LogP contribution is 2.62. The van der Waals surface area contributed by atoms with Crippen LogP contribution in [0.4, 0.5) is 17.1 Å². The zero-order chi connectivity index (χ0) is 42.3. The summed E-state index contributed by atoms with van der Waals surface area (Å²) in [5, 5.41) is 5.03. The summed E-state index contributed by atoms with van der Waals surface area (Å²) in [5.74, 6) is 0. The third-order valence-electron chi connectivity index (χ3n) is 15.0. The van der Waals surface area contributed by atoms with Gasteiger partial charge in [-0.05, 0) is 121 Å². The van der Waals surface area contributed by atoms with Gasteiger partial charge in [0.15, 0.2) is 0 Å². The number of hydrogen-bond donors (Lipinski definition) is 0. The molecule has 1 spiro atoms. The molecule has 0 bridgehead atoms. The predicted molar refractivity (Wildman–Crippen MR) is 267 cm³/mol. The quantitative estimate of drug-likeness (QED) is 0.172. The number of aromatic nitrogens is 1. The van der Waals surface area contributed by atoms with Gasteiger partial charge < -0.3 is 9.47 Å². The molecule has 2 nitrogen and oxygen atoms in total. The Morgan fingerprint density at radius 3 is 1.61 bits per heavy atom. The fourth-order valence-corrected chi connectivity index (χ4v) is 12.4. The van der Waals surface area contributed by atoms with E-state index in [0.717, 1.165) is 17.1 Å². The van der Waals surface area contributed by atoms with E-state index in [2.05, 4.69) is 242 Å². The molecule has 2 heteroatoms. The van der Waals surface area contributed by atoms with Crippen LogP contribution in [0.15, 0.2) is 218 Å². The Morgan fingerprint density at radius 2 is 0.891 bits per heavy atom. The molecule has 0 fully saturated rings. The molecule has 0 N–H and O–H groups in total. The van der Waals surface area contributed by atoms with Crippen LogP contribution in [0.2, 0.25) is 0 Å². The van der Waals surface area contributed by atoms with Crippen molar-refractivity contribution >= 4 is 49.6 Å². The van der Waals surface area contributed by atoms with Gasteiger partial charge in [-0.1, -0.05) is 184 Å². The second-order valence-electron chi connectivity index (χ2n) is 18.4. The largest absolute Gasteiger partial charge is 0.310 e. The van der Waals surface area contributed by atoms with Gasteiger partial charge in [-0.15, -0.1) is 0 Å². The average Bonchev–Trinajstić information content (AvgIpc) is 3.92.